The van der Waals surface area contributed by atoms with Crippen molar-refractivity contribution in [3.8, 4) is 0 Å². The summed E-state index contributed by atoms with van der Waals surface area (Å²) in [5.41, 5.74) is 0.390. The van der Waals surface area contributed by atoms with Gasteiger partial charge in [-0.25, -0.2) is 0 Å². The van der Waals surface area contributed by atoms with Gasteiger partial charge in [0.2, 0.25) is 0 Å². The Hall–Kier alpha value is -1.06. The molecule has 0 spiro atoms. The van der Waals surface area contributed by atoms with Crippen molar-refractivity contribution >= 4 is 27.1 Å². The zero-order valence-electron chi connectivity index (χ0n) is 10.5. The van der Waals surface area contributed by atoms with Crippen molar-refractivity contribution in [1.29, 1.82) is 0 Å². The van der Waals surface area contributed by atoms with Crippen LogP contribution in [0.15, 0.2) is 29.6 Å². The highest BCUT2D eigenvalue weighted by molar-refractivity contribution is 7.17. The minimum absolute atomic E-state index is 0.236. The lowest BCUT2D eigenvalue weighted by molar-refractivity contribution is 0.0266. The van der Waals surface area contributed by atoms with Crippen molar-refractivity contribution < 1.29 is 5.11 Å². The van der Waals surface area contributed by atoms with Crippen molar-refractivity contribution in [2.45, 2.75) is 26.4 Å². The third kappa shape index (κ3) is 2.79. The lowest BCUT2D eigenvalue weighted by atomic mass is 9.92. The topological polar surface area (TPSA) is 32.3 Å². The molecule has 1 unspecified atom stereocenters. The standard InChI is InChI=1S/C14H19NOS/c1-10(2)14(3,16)9-15-12-4-5-13-11(8-12)6-7-17-13/h4-8,10,15-16H,9H2,1-3H3. The fourth-order valence-corrected chi connectivity index (χ4v) is 2.33. The van der Waals surface area contributed by atoms with Crippen LogP contribution < -0.4 is 5.32 Å². The van der Waals surface area contributed by atoms with Crippen molar-refractivity contribution in [3.05, 3.63) is 29.6 Å². The molecule has 0 saturated heterocycles. The number of thiophene rings is 1. The van der Waals surface area contributed by atoms with Crippen LogP contribution >= 0.6 is 11.3 Å². The van der Waals surface area contributed by atoms with Crippen molar-refractivity contribution in [1.82, 2.24) is 0 Å². The number of fused-ring (bicyclic) bond motifs is 1. The van der Waals surface area contributed by atoms with E-state index in [9.17, 15) is 5.11 Å². The molecule has 0 fully saturated rings. The van der Waals surface area contributed by atoms with Gasteiger partial charge in [-0.2, -0.15) is 0 Å². The Balaban J connectivity index is 2.08. The van der Waals surface area contributed by atoms with Gasteiger partial charge in [0.15, 0.2) is 0 Å². The Kier molecular flexibility index (Phi) is 3.40. The maximum Gasteiger partial charge on any atom is 0.0813 e. The summed E-state index contributed by atoms with van der Waals surface area (Å²) in [4.78, 5) is 0. The second-order valence-corrected chi connectivity index (χ2v) is 5.99. The first-order valence-corrected chi connectivity index (χ1v) is 6.80. The van der Waals surface area contributed by atoms with E-state index in [-0.39, 0.29) is 5.92 Å². The van der Waals surface area contributed by atoms with Crippen LogP contribution in [-0.2, 0) is 0 Å². The van der Waals surface area contributed by atoms with E-state index in [0.29, 0.717) is 6.54 Å². The van der Waals surface area contributed by atoms with Gasteiger partial charge in [0.25, 0.3) is 0 Å². The summed E-state index contributed by atoms with van der Waals surface area (Å²) in [5.74, 6) is 0.236. The molecule has 17 heavy (non-hydrogen) atoms. The van der Waals surface area contributed by atoms with E-state index in [4.69, 9.17) is 0 Å². The van der Waals surface area contributed by atoms with Crippen LogP contribution in [-0.4, -0.2) is 17.3 Å². The number of anilines is 1. The maximum atomic E-state index is 10.2. The van der Waals surface area contributed by atoms with Gasteiger partial charge in [0, 0.05) is 16.9 Å². The summed E-state index contributed by atoms with van der Waals surface area (Å²) in [6.45, 7) is 6.50. The fourth-order valence-electron chi connectivity index (χ4n) is 1.56. The molecule has 0 saturated carbocycles. The number of rotatable bonds is 4. The van der Waals surface area contributed by atoms with Crippen LogP contribution in [0.4, 0.5) is 5.69 Å². The van der Waals surface area contributed by atoms with Gasteiger partial charge in [-0.3, -0.25) is 0 Å². The van der Waals surface area contributed by atoms with Crippen LogP contribution in [0.5, 0.6) is 0 Å². The molecule has 2 rings (SSSR count). The lowest BCUT2D eigenvalue weighted by Gasteiger charge is -2.28. The quantitative estimate of drug-likeness (QED) is 0.865. The molecule has 1 atom stereocenters. The predicted molar refractivity (Wildman–Crippen MR) is 75.8 cm³/mol. The zero-order valence-corrected chi connectivity index (χ0v) is 11.3. The monoisotopic (exact) mass is 249 g/mol. The minimum Gasteiger partial charge on any atom is -0.388 e. The number of aliphatic hydroxyl groups is 1. The molecule has 1 aromatic heterocycles. The third-order valence-electron chi connectivity index (χ3n) is 3.35. The molecule has 0 aliphatic rings. The highest BCUT2D eigenvalue weighted by atomic mass is 32.1. The van der Waals surface area contributed by atoms with E-state index < -0.39 is 5.60 Å². The van der Waals surface area contributed by atoms with Gasteiger partial charge < -0.3 is 10.4 Å². The molecule has 3 heteroatoms. The SMILES string of the molecule is CC(C)C(C)(O)CNc1ccc2sccc2c1. The van der Waals surface area contributed by atoms with Gasteiger partial charge >= 0.3 is 0 Å². The molecular weight excluding hydrogens is 230 g/mol. The van der Waals surface area contributed by atoms with Gasteiger partial charge in [-0.05, 0) is 47.9 Å². The third-order valence-corrected chi connectivity index (χ3v) is 4.24. The first-order chi connectivity index (χ1) is 7.99. The molecule has 2 N–H and O–H groups in total. The van der Waals surface area contributed by atoms with E-state index in [1.54, 1.807) is 11.3 Å². The predicted octanol–water partition coefficient (Wildman–Crippen LogP) is 3.72. The molecule has 2 aromatic rings. The minimum atomic E-state index is -0.677. The summed E-state index contributed by atoms with van der Waals surface area (Å²) in [5, 5.41) is 16.8. The van der Waals surface area contributed by atoms with Crippen LogP contribution in [0.25, 0.3) is 10.1 Å². The van der Waals surface area contributed by atoms with Gasteiger partial charge in [-0.1, -0.05) is 13.8 Å². The normalized spacial score (nSPS) is 15.1. The highest BCUT2D eigenvalue weighted by Crippen LogP contribution is 2.25. The number of hydrogen-bond acceptors (Lipinski definition) is 3. The first-order valence-electron chi connectivity index (χ1n) is 5.92. The molecule has 0 aliphatic heterocycles. The lowest BCUT2D eigenvalue weighted by Crippen LogP contribution is -2.38. The molecule has 92 valence electrons. The molecule has 2 nitrogen and oxygen atoms in total. The Bertz CT molecular complexity index is 502. The Morgan fingerprint density at radius 2 is 2.12 bits per heavy atom. The molecule has 0 radical (unpaired) electrons. The Morgan fingerprint density at radius 1 is 1.35 bits per heavy atom. The number of nitrogens with one attached hydrogen (secondary N) is 1. The molecule has 0 bridgehead atoms. The van der Waals surface area contributed by atoms with Gasteiger partial charge in [0.05, 0.1) is 5.60 Å². The van der Waals surface area contributed by atoms with Crippen LogP contribution in [0.3, 0.4) is 0 Å². The largest absolute Gasteiger partial charge is 0.388 e. The average molecular weight is 249 g/mol. The maximum absolute atomic E-state index is 10.2. The van der Waals surface area contributed by atoms with Crippen molar-refractivity contribution in [2.24, 2.45) is 5.92 Å². The Morgan fingerprint density at radius 3 is 2.82 bits per heavy atom. The van der Waals surface area contributed by atoms with E-state index in [2.05, 4.69) is 35.0 Å². The van der Waals surface area contributed by atoms with E-state index >= 15 is 0 Å². The van der Waals surface area contributed by atoms with Crippen LogP contribution in [0.1, 0.15) is 20.8 Å². The Labute approximate surface area is 106 Å². The summed E-state index contributed by atoms with van der Waals surface area (Å²) in [6, 6.07) is 8.43. The molecule has 0 amide bonds. The second kappa shape index (κ2) is 4.67. The fraction of sp³-hybridized carbons (Fsp3) is 0.429. The average Bonchev–Trinajstić information content (AvgIpc) is 2.73. The summed E-state index contributed by atoms with van der Waals surface area (Å²) < 4.78 is 1.30. The second-order valence-electron chi connectivity index (χ2n) is 5.04. The highest BCUT2D eigenvalue weighted by Gasteiger charge is 2.24. The van der Waals surface area contributed by atoms with Crippen LogP contribution in [0.2, 0.25) is 0 Å². The van der Waals surface area contributed by atoms with Gasteiger partial charge in [0.1, 0.15) is 0 Å². The zero-order chi connectivity index (χ0) is 12.5. The summed E-state index contributed by atoms with van der Waals surface area (Å²) in [6.07, 6.45) is 0. The molecule has 0 aliphatic carbocycles. The van der Waals surface area contributed by atoms with Crippen LogP contribution in [0, 0.1) is 5.92 Å². The molecular formula is C14H19NOS. The smallest absolute Gasteiger partial charge is 0.0813 e. The van der Waals surface area contributed by atoms with Crippen molar-refractivity contribution in [2.75, 3.05) is 11.9 Å². The number of benzene rings is 1. The van der Waals surface area contributed by atoms with E-state index in [0.717, 1.165) is 5.69 Å². The summed E-state index contributed by atoms with van der Waals surface area (Å²) in [7, 11) is 0. The van der Waals surface area contributed by atoms with E-state index in [1.807, 2.05) is 20.8 Å². The van der Waals surface area contributed by atoms with E-state index in [1.165, 1.54) is 10.1 Å². The summed E-state index contributed by atoms with van der Waals surface area (Å²) >= 11 is 1.75. The van der Waals surface area contributed by atoms with Gasteiger partial charge in [-0.15, -0.1) is 11.3 Å². The van der Waals surface area contributed by atoms with Crippen molar-refractivity contribution in [3.63, 3.8) is 0 Å². The number of hydrogen-bond donors (Lipinski definition) is 2. The molecule has 1 heterocycles. The molecule has 1 aromatic carbocycles. The first kappa shape index (κ1) is 12.4.